The fraction of sp³-hybridized carbons (Fsp3) is 0.364. The van der Waals surface area contributed by atoms with E-state index in [1.54, 1.807) is 12.1 Å². The first-order valence-electron chi connectivity index (χ1n) is 5.32. The van der Waals surface area contributed by atoms with Crippen LogP contribution in [0.15, 0.2) is 24.3 Å². The summed E-state index contributed by atoms with van der Waals surface area (Å²) in [5.74, 6) is 0. The van der Waals surface area contributed by atoms with Gasteiger partial charge in [0, 0.05) is 25.8 Å². The van der Waals surface area contributed by atoms with E-state index in [0.29, 0.717) is 13.1 Å². The fourth-order valence-corrected chi connectivity index (χ4v) is 1.67. The largest absolute Gasteiger partial charge is 0.417 e. The van der Waals surface area contributed by atoms with Gasteiger partial charge in [-0.05, 0) is 5.56 Å². The molecule has 1 fully saturated rings. The summed E-state index contributed by atoms with van der Waals surface area (Å²) in [5, 5.41) is 10.5. The standard InChI is InChI=1S/C11H12N2O5/c1-17-10-7-12(11(14)18-10)6-8-2-4-9(5-3-8)13(15)16/h2-5,10H,6-7H2,1H3. The number of nitro groups is 1. The van der Waals surface area contributed by atoms with Crippen LogP contribution >= 0.6 is 0 Å². The van der Waals surface area contributed by atoms with Crippen LogP contribution in [-0.4, -0.2) is 35.9 Å². The van der Waals surface area contributed by atoms with Gasteiger partial charge in [0.1, 0.15) is 0 Å². The smallest absolute Gasteiger partial charge is 0.412 e. The predicted molar refractivity (Wildman–Crippen MR) is 60.8 cm³/mol. The third kappa shape index (κ3) is 2.57. The van der Waals surface area contributed by atoms with Gasteiger partial charge in [-0.2, -0.15) is 0 Å². The van der Waals surface area contributed by atoms with E-state index in [4.69, 9.17) is 9.47 Å². The molecule has 0 bridgehead atoms. The highest BCUT2D eigenvalue weighted by atomic mass is 16.7. The Bertz CT molecular complexity index is 459. The van der Waals surface area contributed by atoms with Gasteiger partial charge in [0.05, 0.1) is 11.5 Å². The lowest BCUT2D eigenvalue weighted by Crippen LogP contribution is -2.24. The monoisotopic (exact) mass is 252 g/mol. The van der Waals surface area contributed by atoms with Crippen molar-refractivity contribution in [3.63, 3.8) is 0 Å². The number of amides is 1. The van der Waals surface area contributed by atoms with E-state index in [1.807, 2.05) is 0 Å². The maximum Gasteiger partial charge on any atom is 0.412 e. The summed E-state index contributed by atoms with van der Waals surface area (Å²) in [7, 11) is 1.47. The second-order valence-corrected chi connectivity index (χ2v) is 3.85. The average molecular weight is 252 g/mol. The molecule has 0 aliphatic carbocycles. The Morgan fingerprint density at radius 2 is 2.17 bits per heavy atom. The topological polar surface area (TPSA) is 81.9 Å². The molecule has 0 spiro atoms. The van der Waals surface area contributed by atoms with Gasteiger partial charge in [-0.3, -0.25) is 15.0 Å². The quantitative estimate of drug-likeness (QED) is 0.599. The van der Waals surface area contributed by atoms with Gasteiger partial charge in [0.15, 0.2) is 0 Å². The average Bonchev–Trinajstić information content (AvgIpc) is 2.71. The number of cyclic esters (lactones) is 1. The summed E-state index contributed by atoms with van der Waals surface area (Å²) in [6.07, 6.45) is -0.990. The van der Waals surface area contributed by atoms with Crippen LogP contribution in [0.25, 0.3) is 0 Å². The predicted octanol–water partition coefficient (Wildman–Crippen LogP) is 1.52. The Morgan fingerprint density at radius 1 is 1.50 bits per heavy atom. The normalized spacial score (nSPS) is 18.8. The van der Waals surface area contributed by atoms with Crippen molar-refractivity contribution < 1.29 is 19.2 Å². The SMILES string of the molecule is COC1CN(Cc2ccc([N+](=O)[O-])cc2)C(=O)O1. The molecule has 0 N–H and O–H groups in total. The zero-order valence-electron chi connectivity index (χ0n) is 9.74. The Balaban J connectivity index is 2.01. The molecule has 1 saturated heterocycles. The summed E-state index contributed by atoms with van der Waals surface area (Å²) < 4.78 is 9.84. The van der Waals surface area contributed by atoms with Crippen LogP contribution in [0.2, 0.25) is 0 Å². The Morgan fingerprint density at radius 3 is 2.67 bits per heavy atom. The number of carbonyl (C=O) groups excluding carboxylic acids is 1. The van der Waals surface area contributed by atoms with E-state index in [-0.39, 0.29) is 5.69 Å². The molecular formula is C11H12N2O5. The van der Waals surface area contributed by atoms with Crippen LogP contribution in [0.3, 0.4) is 0 Å². The maximum absolute atomic E-state index is 11.4. The fourth-order valence-electron chi connectivity index (χ4n) is 1.67. The minimum absolute atomic E-state index is 0.0255. The van der Waals surface area contributed by atoms with Crippen molar-refractivity contribution in [1.82, 2.24) is 4.90 Å². The highest BCUT2D eigenvalue weighted by Gasteiger charge is 2.30. The van der Waals surface area contributed by atoms with E-state index < -0.39 is 17.3 Å². The molecule has 0 saturated carbocycles. The van der Waals surface area contributed by atoms with Gasteiger partial charge in [0.2, 0.25) is 6.29 Å². The number of hydrogen-bond acceptors (Lipinski definition) is 5. The Hall–Kier alpha value is -2.15. The lowest BCUT2D eigenvalue weighted by atomic mass is 10.2. The molecule has 0 aromatic heterocycles. The lowest BCUT2D eigenvalue weighted by Gasteiger charge is -2.12. The van der Waals surface area contributed by atoms with E-state index in [2.05, 4.69) is 0 Å². The van der Waals surface area contributed by atoms with Crippen molar-refractivity contribution in [2.24, 2.45) is 0 Å². The van der Waals surface area contributed by atoms with E-state index in [0.717, 1.165) is 5.56 Å². The molecule has 18 heavy (non-hydrogen) atoms. The first-order valence-corrected chi connectivity index (χ1v) is 5.32. The number of hydrogen-bond donors (Lipinski definition) is 0. The molecule has 7 heteroatoms. The molecule has 1 unspecified atom stereocenters. The number of benzene rings is 1. The van der Waals surface area contributed by atoms with Gasteiger partial charge in [-0.25, -0.2) is 4.79 Å². The third-order valence-corrected chi connectivity index (χ3v) is 2.64. The molecular weight excluding hydrogens is 240 g/mol. The minimum Gasteiger partial charge on any atom is -0.417 e. The zero-order valence-corrected chi connectivity index (χ0v) is 9.74. The molecule has 0 radical (unpaired) electrons. The molecule has 1 atom stereocenters. The molecule has 1 aromatic rings. The van der Waals surface area contributed by atoms with Crippen molar-refractivity contribution in [2.75, 3.05) is 13.7 Å². The number of rotatable bonds is 4. The molecule has 1 aromatic carbocycles. The highest BCUT2D eigenvalue weighted by Crippen LogP contribution is 2.17. The summed E-state index contributed by atoms with van der Waals surface area (Å²) in [4.78, 5) is 23.0. The first-order chi connectivity index (χ1) is 8.60. The number of nitro benzene ring substituents is 1. The number of carbonyl (C=O) groups is 1. The summed E-state index contributed by atoms with van der Waals surface area (Å²) in [6.45, 7) is 0.697. The van der Waals surface area contributed by atoms with Crippen molar-refractivity contribution >= 4 is 11.8 Å². The van der Waals surface area contributed by atoms with Crippen LogP contribution in [0.1, 0.15) is 5.56 Å². The van der Waals surface area contributed by atoms with Gasteiger partial charge in [0.25, 0.3) is 5.69 Å². The first kappa shape index (κ1) is 12.3. The van der Waals surface area contributed by atoms with Crippen LogP contribution in [0.4, 0.5) is 10.5 Å². The lowest BCUT2D eigenvalue weighted by molar-refractivity contribution is -0.384. The summed E-state index contributed by atoms with van der Waals surface area (Å²) in [5.41, 5.74) is 0.826. The van der Waals surface area contributed by atoms with Crippen molar-refractivity contribution in [1.29, 1.82) is 0 Å². The maximum atomic E-state index is 11.4. The minimum atomic E-state index is -0.546. The second kappa shape index (κ2) is 5.01. The Labute approximate surface area is 103 Å². The molecule has 7 nitrogen and oxygen atoms in total. The molecule has 1 aliphatic rings. The zero-order chi connectivity index (χ0) is 13.1. The van der Waals surface area contributed by atoms with Crippen LogP contribution in [0.5, 0.6) is 0 Å². The van der Waals surface area contributed by atoms with E-state index >= 15 is 0 Å². The van der Waals surface area contributed by atoms with Gasteiger partial charge in [-0.15, -0.1) is 0 Å². The number of methoxy groups -OCH3 is 1. The van der Waals surface area contributed by atoms with Crippen LogP contribution in [-0.2, 0) is 16.0 Å². The molecule has 1 amide bonds. The van der Waals surface area contributed by atoms with Crippen LogP contribution < -0.4 is 0 Å². The summed E-state index contributed by atoms with van der Waals surface area (Å²) >= 11 is 0. The molecule has 1 heterocycles. The van der Waals surface area contributed by atoms with E-state index in [9.17, 15) is 14.9 Å². The molecule has 96 valence electrons. The van der Waals surface area contributed by atoms with Crippen molar-refractivity contribution in [3.8, 4) is 0 Å². The number of nitrogens with zero attached hydrogens (tertiary/aromatic N) is 2. The molecule has 1 aliphatic heterocycles. The van der Waals surface area contributed by atoms with Crippen molar-refractivity contribution in [2.45, 2.75) is 12.8 Å². The highest BCUT2D eigenvalue weighted by molar-refractivity contribution is 5.69. The van der Waals surface area contributed by atoms with Crippen LogP contribution in [0, 0.1) is 10.1 Å². The number of ether oxygens (including phenoxy) is 2. The van der Waals surface area contributed by atoms with Gasteiger partial charge >= 0.3 is 6.09 Å². The van der Waals surface area contributed by atoms with E-state index in [1.165, 1.54) is 24.1 Å². The third-order valence-electron chi connectivity index (χ3n) is 2.64. The number of non-ortho nitro benzene ring substituents is 1. The van der Waals surface area contributed by atoms with Gasteiger partial charge in [-0.1, -0.05) is 12.1 Å². The van der Waals surface area contributed by atoms with Gasteiger partial charge < -0.3 is 9.47 Å². The molecule has 2 rings (SSSR count). The Kier molecular flexibility index (Phi) is 3.42. The second-order valence-electron chi connectivity index (χ2n) is 3.85. The summed E-state index contributed by atoms with van der Waals surface area (Å²) in [6, 6.07) is 6.05. The van der Waals surface area contributed by atoms with Crippen molar-refractivity contribution in [3.05, 3.63) is 39.9 Å².